The number of rotatable bonds is 5. The van der Waals surface area contributed by atoms with Gasteiger partial charge in [-0.25, -0.2) is 0 Å². The fourth-order valence-electron chi connectivity index (χ4n) is 7.77. The zero-order valence-corrected chi connectivity index (χ0v) is 28.5. The molecule has 0 saturated carbocycles. The molecule has 5 heteroatoms. The fraction of sp³-hybridized carbons (Fsp3) is 0. The number of nitrogens with zero attached hydrogens (tertiary/aromatic N) is 2. The van der Waals surface area contributed by atoms with Gasteiger partial charge >= 0.3 is 0 Å². The van der Waals surface area contributed by atoms with Crippen LogP contribution in [0.1, 0.15) is 0 Å². The fourth-order valence-corrected chi connectivity index (χ4v) is 10.6. The Morgan fingerprint density at radius 3 is 1.76 bits per heavy atom. The average molecular weight is 675 g/mol. The van der Waals surface area contributed by atoms with Gasteiger partial charge in [-0.2, -0.15) is 0 Å². The minimum Gasteiger partial charge on any atom is -0.456 e. The van der Waals surface area contributed by atoms with Crippen molar-refractivity contribution in [2.45, 2.75) is 0 Å². The Morgan fingerprint density at radius 2 is 1.04 bits per heavy atom. The lowest BCUT2D eigenvalue weighted by molar-refractivity contribution is 0.485. The molecule has 1 atom stereocenters. The number of benzene rings is 8. The third-order valence-electron chi connectivity index (χ3n) is 10.0. The van der Waals surface area contributed by atoms with Crippen LogP contribution in [0.15, 0.2) is 188 Å². The molecular weight excluding hydrogens is 643 g/mol. The van der Waals surface area contributed by atoms with Crippen molar-refractivity contribution >= 4 is 68.0 Å². The van der Waals surface area contributed by atoms with Gasteiger partial charge in [0.05, 0.1) is 22.0 Å². The summed E-state index contributed by atoms with van der Waals surface area (Å²) in [4.78, 5) is 4.51. The molecule has 0 spiro atoms. The van der Waals surface area contributed by atoms with Gasteiger partial charge in [0.1, 0.15) is 11.5 Å². The summed E-state index contributed by atoms with van der Waals surface area (Å²) in [5.74, 6) is 1.19. The molecule has 242 valence electrons. The summed E-state index contributed by atoms with van der Waals surface area (Å²) in [6.07, 6.45) is 0. The summed E-state index contributed by atoms with van der Waals surface area (Å²) >= 11 is 0. The molecule has 2 heterocycles. The van der Waals surface area contributed by atoms with Gasteiger partial charge in [-0.3, -0.25) is 0 Å². The van der Waals surface area contributed by atoms with Gasteiger partial charge in [0.2, 0.25) is 0 Å². The van der Waals surface area contributed by atoms with Crippen LogP contribution in [-0.4, -0.2) is 0 Å². The Labute approximate surface area is 296 Å². The van der Waals surface area contributed by atoms with Crippen molar-refractivity contribution in [1.82, 2.24) is 0 Å². The molecule has 2 aliphatic heterocycles. The predicted octanol–water partition coefficient (Wildman–Crippen LogP) is 11.5. The van der Waals surface area contributed by atoms with E-state index in [-0.39, 0.29) is 0 Å². The van der Waals surface area contributed by atoms with E-state index >= 15 is 4.57 Å². The number of hydrogen-bond acceptors (Lipinski definition) is 4. The first-order valence-electron chi connectivity index (χ1n) is 17.1. The summed E-state index contributed by atoms with van der Waals surface area (Å²) in [6, 6.07) is 64.2. The molecule has 0 N–H and O–H groups in total. The molecule has 0 aromatic heterocycles. The lowest BCUT2D eigenvalue weighted by atomic mass is 9.91. The summed E-state index contributed by atoms with van der Waals surface area (Å²) < 4.78 is 22.7. The minimum absolute atomic E-state index is 0.590. The second kappa shape index (κ2) is 11.6. The highest BCUT2D eigenvalue weighted by Crippen LogP contribution is 2.55. The summed E-state index contributed by atoms with van der Waals surface area (Å²) in [5.41, 5.74) is 8.49. The van der Waals surface area contributed by atoms with Gasteiger partial charge in [0.25, 0.3) is 0 Å². The van der Waals surface area contributed by atoms with Gasteiger partial charge in [-0.1, -0.05) is 115 Å². The first kappa shape index (κ1) is 29.6. The standard InChI is InChI=1S/C46H31N2O2P/c49-51(37-20-8-3-9-21-37)44-28-26-35(47(33-16-4-1-5-17-33)34-18-6-2-7-19-34)30-42(44)50-43-31-36(27-29-45(43)51)48-40-24-11-10-22-38(40)39-23-12-14-32-15-13-25-41(48)46(32)39/h1-31H. The Hall–Kier alpha value is -6.35. The van der Waals surface area contributed by atoms with E-state index < -0.39 is 7.14 Å². The van der Waals surface area contributed by atoms with Crippen molar-refractivity contribution in [2.24, 2.45) is 0 Å². The van der Waals surface area contributed by atoms with E-state index in [0.29, 0.717) is 22.1 Å². The summed E-state index contributed by atoms with van der Waals surface area (Å²) in [6.45, 7) is 0. The molecular formula is C46H31N2O2P. The van der Waals surface area contributed by atoms with Gasteiger partial charge in [-0.05, 0) is 71.6 Å². The topological polar surface area (TPSA) is 32.8 Å². The van der Waals surface area contributed by atoms with Crippen molar-refractivity contribution in [3.63, 3.8) is 0 Å². The minimum atomic E-state index is -3.33. The number of anilines is 6. The van der Waals surface area contributed by atoms with Crippen LogP contribution in [-0.2, 0) is 4.57 Å². The Balaban J connectivity index is 1.17. The normalized spacial score (nSPS) is 15.3. The van der Waals surface area contributed by atoms with Crippen LogP contribution in [0.25, 0.3) is 21.9 Å². The Bertz CT molecular complexity index is 2620. The van der Waals surface area contributed by atoms with Crippen LogP contribution in [0, 0.1) is 0 Å². The van der Waals surface area contributed by atoms with Gasteiger partial charge in [0.15, 0.2) is 7.14 Å². The van der Waals surface area contributed by atoms with E-state index in [1.807, 2.05) is 84.9 Å². The molecule has 8 aromatic carbocycles. The molecule has 10 rings (SSSR count). The van der Waals surface area contributed by atoms with Crippen LogP contribution in [0.3, 0.4) is 0 Å². The van der Waals surface area contributed by atoms with Crippen molar-refractivity contribution < 1.29 is 9.30 Å². The highest BCUT2D eigenvalue weighted by Gasteiger charge is 2.40. The van der Waals surface area contributed by atoms with Crippen LogP contribution < -0.4 is 30.5 Å². The van der Waals surface area contributed by atoms with Crippen LogP contribution in [0.4, 0.5) is 34.1 Å². The maximum atomic E-state index is 15.8. The Morgan fingerprint density at radius 1 is 0.471 bits per heavy atom. The third-order valence-corrected chi connectivity index (χ3v) is 13.1. The van der Waals surface area contributed by atoms with Crippen LogP contribution in [0.5, 0.6) is 11.5 Å². The highest BCUT2D eigenvalue weighted by atomic mass is 31.2. The van der Waals surface area contributed by atoms with E-state index in [4.69, 9.17) is 4.74 Å². The molecule has 2 aliphatic rings. The lowest BCUT2D eigenvalue weighted by Crippen LogP contribution is -2.31. The molecule has 0 bridgehead atoms. The molecule has 1 unspecified atom stereocenters. The molecule has 0 fully saturated rings. The van der Waals surface area contributed by atoms with Crippen molar-refractivity contribution in [3.05, 3.63) is 188 Å². The average Bonchev–Trinajstić information content (AvgIpc) is 3.19. The molecule has 51 heavy (non-hydrogen) atoms. The SMILES string of the molecule is O=P1(c2ccccc2)c2ccc(N(c3ccccc3)c3ccccc3)cc2Oc2cc(N3c4ccccc4-c4cccc5cccc3c45)ccc21. The van der Waals surface area contributed by atoms with E-state index in [1.54, 1.807) is 0 Å². The van der Waals surface area contributed by atoms with Crippen molar-refractivity contribution in [3.8, 4) is 22.6 Å². The zero-order valence-electron chi connectivity index (χ0n) is 27.6. The van der Waals surface area contributed by atoms with Gasteiger partial charge in [0, 0.05) is 51.1 Å². The first-order valence-corrected chi connectivity index (χ1v) is 18.8. The molecule has 0 amide bonds. The third kappa shape index (κ3) is 4.58. The molecule has 0 aliphatic carbocycles. The molecule has 8 aromatic rings. The van der Waals surface area contributed by atoms with E-state index in [0.717, 1.165) is 39.4 Å². The van der Waals surface area contributed by atoms with E-state index in [2.05, 4.69) is 113 Å². The molecule has 0 saturated heterocycles. The smallest absolute Gasteiger partial charge is 0.178 e. The molecule has 4 nitrogen and oxygen atoms in total. The largest absolute Gasteiger partial charge is 0.456 e. The number of para-hydroxylation sites is 3. The Kier molecular flexibility index (Phi) is 6.74. The lowest BCUT2D eigenvalue weighted by Gasteiger charge is -2.35. The maximum absolute atomic E-state index is 15.8. The van der Waals surface area contributed by atoms with Gasteiger partial charge in [-0.15, -0.1) is 0 Å². The summed E-state index contributed by atoms with van der Waals surface area (Å²) in [5, 5.41) is 4.57. The first-order chi connectivity index (χ1) is 25.2. The zero-order chi connectivity index (χ0) is 33.9. The van der Waals surface area contributed by atoms with E-state index in [1.165, 1.54) is 21.9 Å². The number of fused-ring (bicyclic) bond motifs is 4. The van der Waals surface area contributed by atoms with E-state index in [9.17, 15) is 0 Å². The van der Waals surface area contributed by atoms with Crippen molar-refractivity contribution in [2.75, 3.05) is 9.80 Å². The summed E-state index contributed by atoms with van der Waals surface area (Å²) in [7, 11) is -3.33. The quantitative estimate of drug-likeness (QED) is 0.170. The van der Waals surface area contributed by atoms with Crippen molar-refractivity contribution in [1.29, 1.82) is 0 Å². The van der Waals surface area contributed by atoms with Crippen LogP contribution in [0.2, 0.25) is 0 Å². The monoisotopic (exact) mass is 674 g/mol. The number of hydrogen-bond donors (Lipinski definition) is 0. The molecule has 0 radical (unpaired) electrons. The number of ether oxygens (including phenoxy) is 1. The second-order valence-electron chi connectivity index (χ2n) is 12.9. The second-order valence-corrected chi connectivity index (χ2v) is 15.6. The maximum Gasteiger partial charge on any atom is 0.178 e. The van der Waals surface area contributed by atoms with Crippen LogP contribution >= 0.6 is 7.14 Å². The van der Waals surface area contributed by atoms with Gasteiger partial charge < -0.3 is 19.1 Å². The predicted molar refractivity (Wildman–Crippen MR) is 212 cm³/mol. The highest BCUT2D eigenvalue weighted by molar-refractivity contribution is 7.85.